The van der Waals surface area contributed by atoms with E-state index in [1.807, 2.05) is 6.92 Å². The molecular formula is C20H25ClN2O4. The van der Waals surface area contributed by atoms with E-state index in [1.165, 1.54) is 6.08 Å². The predicted molar refractivity (Wildman–Crippen MR) is 104 cm³/mol. The van der Waals surface area contributed by atoms with Gasteiger partial charge in [-0.3, -0.25) is 9.59 Å². The Morgan fingerprint density at radius 1 is 1.19 bits per heavy atom. The van der Waals surface area contributed by atoms with Gasteiger partial charge in [-0.05, 0) is 43.5 Å². The number of hydrogen-bond acceptors (Lipinski definition) is 4. The van der Waals surface area contributed by atoms with Gasteiger partial charge < -0.3 is 20.1 Å². The second-order valence-electron chi connectivity index (χ2n) is 6.85. The van der Waals surface area contributed by atoms with Crippen molar-refractivity contribution in [2.45, 2.75) is 44.6 Å². The third-order valence-electron chi connectivity index (χ3n) is 4.89. The van der Waals surface area contributed by atoms with Gasteiger partial charge in [-0.25, -0.2) is 0 Å². The first kappa shape index (κ1) is 19.5. The van der Waals surface area contributed by atoms with Gasteiger partial charge in [0.15, 0.2) is 11.5 Å². The van der Waals surface area contributed by atoms with E-state index in [9.17, 15) is 9.59 Å². The van der Waals surface area contributed by atoms with Crippen molar-refractivity contribution in [1.29, 1.82) is 0 Å². The van der Waals surface area contributed by atoms with Crippen LogP contribution in [0.4, 0.5) is 0 Å². The summed E-state index contributed by atoms with van der Waals surface area (Å²) >= 11 is 6.22. The van der Waals surface area contributed by atoms with Gasteiger partial charge in [0.1, 0.15) is 18.8 Å². The minimum Gasteiger partial charge on any atom is -0.486 e. The molecule has 7 heteroatoms. The molecule has 0 saturated heterocycles. The number of likely N-dealkylation sites (N-methyl/N-ethyl adjacent to an activating group) is 1. The molecule has 0 atom stereocenters. The molecular weight excluding hydrogens is 368 g/mol. The zero-order chi connectivity index (χ0) is 19.3. The number of amides is 2. The standard InChI is InChI=1S/C20H25ClN2O4/c1-2-22-19(25)20(8-4-3-5-9-20)23-17(24)7-6-14-12-15(21)18-16(13-14)26-10-11-27-18/h6-7,12-13H,2-5,8-11H2,1H3,(H,22,25)(H,23,24)/b7-6+. The van der Waals surface area contributed by atoms with Gasteiger partial charge in [-0.15, -0.1) is 0 Å². The van der Waals surface area contributed by atoms with Crippen molar-refractivity contribution >= 4 is 29.5 Å². The average Bonchev–Trinajstić information content (AvgIpc) is 2.67. The summed E-state index contributed by atoms with van der Waals surface area (Å²) in [6.45, 7) is 3.35. The van der Waals surface area contributed by atoms with Crippen LogP contribution in [0.3, 0.4) is 0 Å². The molecule has 2 aliphatic rings. The summed E-state index contributed by atoms with van der Waals surface area (Å²) in [7, 11) is 0. The summed E-state index contributed by atoms with van der Waals surface area (Å²) in [6.07, 6.45) is 7.36. The van der Waals surface area contributed by atoms with Crippen molar-refractivity contribution in [3.8, 4) is 11.5 Å². The number of rotatable bonds is 5. The average molecular weight is 393 g/mol. The first-order chi connectivity index (χ1) is 13.0. The van der Waals surface area contributed by atoms with Crippen molar-refractivity contribution in [1.82, 2.24) is 10.6 Å². The number of hydrogen-bond donors (Lipinski definition) is 2. The Bertz CT molecular complexity index is 742. The van der Waals surface area contributed by atoms with Crippen LogP contribution >= 0.6 is 11.6 Å². The van der Waals surface area contributed by atoms with Crippen LogP contribution in [-0.4, -0.2) is 37.1 Å². The van der Waals surface area contributed by atoms with Gasteiger partial charge in [0.2, 0.25) is 11.8 Å². The summed E-state index contributed by atoms with van der Waals surface area (Å²) in [6, 6.07) is 3.50. The van der Waals surface area contributed by atoms with Crippen LogP contribution in [0.1, 0.15) is 44.6 Å². The van der Waals surface area contributed by atoms with Crippen molar-refractivity contribution in [2.75, 3.05) is 19.8 Å². The molecule has 0 unspecified atom stereocenters. The molecule has 0 bridgehead atoms. The summed E-state index contributed by atoms with van der Waals surface area (Å²) in [4.78, 5) is 25.0. The fourth-order valence-corrected chi connectivity index (χ4v) is 3.84. The fraction of sp³-hybridized carbons (Fsp3) is 0.500. The van der Waals surface area contributed by atoms with E-state index in [2.05, 4.69) is 10.6 Å². The minimum atomic E-state index is -0.819. The van der Waals surface area contributed by atoms with E-state index in [-0.39, 0.29) is 11.8 Å². The molecule has 1 saturated carbocycles. The monoisotopic (exact) mass is 392 g/mol. The molecule has 2 amide bonds. The predicted octanol–water partition coefficient (Wildman–Crippen LogP) is 3.08. The highest BCUT2D eigenvalue weighted by molar-refractivity contribution is 6.32. The van der Waals surface area contributed by atoms with E-state index in [4.69, 9.17) is 21.1 Å². The molecule has 1 aromatic carbocycles. The highest BCUT2D eigenvalue weighted by Crippen LogP contribution is 2.38. The van der Waals surface area contributed by atoms with Gasteiger partial charge in [0.05, 0.1) is 5.02 Å². The Hall–Kier alpha value is -2.21. The van der Waals surface area contributed by atoms with Gasteiger partial charge in [0.25, 0.3) is 0 Å². The number of fused-ring (bicyclic) bond motifs is 1. The van der Waals surface area contributed by atoms with Crippen LogP contribution < -0.4 is 20.1 Å². The van der Waals surface area contributed by atoms with Gasteiger partial charge in [-0.2, -0.15) is 0 Å². The van der Waals surface area contributed by atoms with Crippen molar-refractivity contribution in [3.05, 3.63) is 28.8 Å². The molecule has 2 N–H and O–H groups in total. The SMILES string of the molecule is CCNC(=O)C1(NC(=O)/C=C/c2cc(Cl)c3c(c2)OCCO3)CCCCC1. The van der Waals surface area contributed by atoms with Crippen LogP contribution in [0.25, 0.3) is 6.08 Å². The quantitative estimate of drug-likeness (QED) is 0.755. The third-order valence-corrected chi connectivity index (χ3v) is 5.17. The maximum absolute atomic E-state index is 12.5. The highest BCUT2D eigenvalue weighted by Gasteiger charge is 2.40. The van der Waals surface area contributed by atoms with E-state index >= 15 is 0 Å². The third kappa shape index (κ3) is 4.56. The maximum atomic E-state index is 12.5. The van der Waals surface area contributed by atoms with E-state index in [1.54, 1.807) is 18.2 Å². The van der Waals surface area contributed by atoms with Crippen LogP contribution in [-0.2, 0) is 9.59 Å². The molecule has 1 heterocycles. The normalized spacial score (nSPS) is 18.1. The van der Waals surface area contributed by atoms with Gasteiger partial charge >= 0.3 is 0 Å². The molecule has 0 aromatic heterocycles. The highest BCUT2D eigenvalue weighted by atomic mass is 35.5. The fourth-order valence-electron chi connectivity index (χ4n) is 3.57. The first-order valence-electron chi connectivity index (χ1n) is 9.42. The number of halogens is 1. The summed E-state index contributed by atoms with van der Waals surface area (Å²) in [5.41, 5.74) is -0.0877. The number of carbonyl (C=O) groups excluding carboxylic acids is 2. The molecule has 1 aliphatic heterocycles. The zero-order valence-corrected chi connectivity index (χ0v) is 16.2. The van der Waals surface area contributed by atoms with Crippen LogP contribution in [0, 0.1) is 0 Å². The molecule has 0 radical (unpaired) electrons. The largest absolute Gasteiger partial charge is 0.486 e. The van der Waals surface area contributed by atoms with Gasteiger partial charge in [0, 0.05) is 12.6 Å². The molecule has 27 heavy (non-hydrogen) atoms. The topological polar surface area (TPSA) is 76.7 Å². The Kier molecular flexibility index (Phi) is 6.26. The van der Waals surface area contributed by atoms with Crippen LogP contribution in [0.2, 0.25) is 5.02 Å². The Labute approximate surface area is 164 Å². The Balaban J connectivity index is 1.72. The lowest BCUT2D eigenvalue weighted by Crippen LogP contribution is -2.59. The number of nitrogens with one attached hydrogen (secondary N) is 2. The van der Waals surface area contributed by atoms with Crippen molar-refractivity contribution in [2.24, 2.45) is 0 Å². The summed E-state index contributed by atoms with van der Waals surface area (Å²) < 4.78 is 11.0. The molecule has 1 aliphatic carbocycles. The molecule has 1 aromatic rings. The zero-order valence-electron chi connectivity index (χ0n) is 15.5. The van der Waals surface area contributed by atoms with E-state index in [0.717, 1.165) is 24.8 Å². The smallest absolute Gasteiger partial charge is 0.245 e. The van der Waals surface area contributed by atoms with E-state index in [0.29, 0.717) is 49.1 Å². The molecule has 1 fully saturated rings. The maximum Gasteiger partial charge on any atom is 0.245 e. The van der Waals surface area contributed by atoms with Crippen LogP contribution in [0.15, 0.2) is 18.2 Å². The Morgan fingerprint density at radius 2 is 1.93 bits per heavy atom. The molecule has 6 nitrogen and oxygen atoms in total. The van der Waals surface area contributed by atoms with Crippen molar-refractivity contribution < 1.29 is 19.1 Å². The number of benzene rings is 1. The van der Waals surface area contributed by atoms with Crippen LogP contribution in [0.5, 0.6) is 11.5 Å². The number of carbonyl (C=O) groups is 2. The Morgan fingerprint density at radius 3 is 2.67 bits per heavy atom. The summed E-state index contributed by atoms with van der Waals surface area (Å²) in [5.74, 6) is 0.699. The molecule has 146 valence electrons. The molecule has 0 spiro atoms. The van der Waals surface area contributed by atoms with Crippen molar-refractivity contribution in [3.63, 3.8) is 0 Å². The lowest BCUT2D eigenvalue weighted by Gasteiger charge is -2.36. The van der Waals surface area contributed by atoms with E-state index < -0.39 is 5.54 Å². The van der Waals surface area contributed by atoms with Gasteiger partial charge in [-0.1, -0.05) is 30.9 Å². The summed E-state index contributed by atoms with van der Waals surface area (Å²) in [5, 5.41) is 6.23. The first-order valence-corrected chi connectivity index (χ1v) is 9.79. The second-order valence-corrected chi connectivity index (χ2v) is 7.26. The minimum absolute atomic E-state index is 0.103. The second kappa shape index (κ2) is 8.65. The lowest BCUT2D eigenvalue weighted by molar-refractivity contribution is -0.133. The lowest BCUT2D eigenvalue weighted by atomic mass is 9.80. The molecule has 3 rings (SSSR count). The number of ether oxygens (including phenoxy) is 2.